The molecule has 33 heavy (non-hydrogen) atoms. The van der Waals surface area contributed by atoms with Crippen molar-refractivity contribution in [2.24, 2.45) is 28.6 Å². The maximum absolute atomic E-state index is 14.6. The van der Waals surface area contributed by atoms with Gasteiger partial charge in [-0.1, -0.05) is 0 Å². The molecule has 8 nitrogen and oxygen atoms in total. The molecule has 2 aromatic carbocycles. The van der Waals surface area contributed by atoms with E-state index in [1.807, 2.05) is 0 Å². The Morgan fingerprint density at radius 3 is 2.48 bits per heavy atom. The van der Waals surface area contributed by atoms with Crippen molar-refractivity contribution in [2.45, 2.75) is 5.92 Å². The summed E-state index contributed by atoms with van der Waals surface area (Å²) in [6, 6.07) is 6.36. The zero-order chi connectivity index (χ0) is 23.5. The Morgan fingerprint density at radius 1 is 1.12 bits per heavy atom. The summed E-state index contributed by atoms with van der Waals surface area (Å²) in [7, 11) is 0. The predicted octanol–water partition coefficient (Wildman–Crippen LogP) is 2.75. The van der Waals surface area contributed by atoms with Gasteiger partial charge in [-0.15, -0.1) is 0 Å². The lowest BCUT2D eigenvalue weighted by Crippen LogP contribution is -2.32. The molecule has 0 radical (unpaired) electrons. The van der Waals surface area contributed by atoms with Crippen LogP contribution in [0.2, 0.25) is 0 Å². The Balaban J connectivity index is 1.35. The van der Waals surface area contributed by atoms with E-state index in [2.05, 4.69) is 15.8 Å². The number of halogens is 4. The minimum atomic E-state index is -2.66. The number of alkyl halides is 2. The van der Waals surface area contributed by atoms with Crippen LogP contribution in [0.25, 0.3) is 11.0 Å². The van der Waals surface area contributed by atoms with Crippen LogP contribution < -0.4 is 27.3 Å². The topological polar surface area (TPSA) is 122 Å². The van der Waals surface area contributed by atoms with Crippen molar-refractivity contribution >= 4 is 34.1 Å². The number of hydrazine groups is 1. The number of rotatable bonds is 4. The largest absolute Gasteiger partial charge is 0.463 e. The van der Waals surface area contributed by atoms with Gasteiger partial charge >= 0.3 is 0 Å². The number of hydrogen-bond donors (Lipinski definition) is 4. The lowest BCUT2D eigenvalue weighted by atomic mass is 10.1. The molecule has 5 rings (SSSR count). The number of amidine groups is 1. The van der Waals surface area contributed by atoms with Crippen LogP contribution in [0.5, 0.6) is 0 Å². The van der Waals surface area contributed by atoms with E-state index in [4.69, 9.17) is 16.1 Å². The van der Waals surface area contributed by atoms with Gasteiger partial charge in [-0.25, -0.2) is 23.4 Å². The summed E-state index contributed by atoms with van der Waals surface area (Å²) in [5.74, 6) is 4.14. The minimum Gasteiger partial charge on any atom is -0.463 e. The number of piperidine rings is 1. The maximum Gasteiger partial charge on any atom is 0.259 e. The van der Waals surface area contributed by atoms with Gasteiger partial charge in [-0.2, -0.15) is 5.10 Å². The monoisotopic (exact) mass is 462 g/mol. The highest BCUT2D eigenvalue weighted by molar-refractivity contribution is 6.13. The van der Waals surface area contributed by atoms with E-state index in [0.717, 1.165) is 18.4 Å². The molecule has 2 unspecified atom stereocenters. The fourth-order valence-electron chi connectivity index (χ4n) is 4.33. The van der Waals surface area contributed by atoms with E-state index in [1.54, 1.807) is 4.90 Å². The SMILES string of the molecule is N/N=C(\NN)c1cc2occ(C(=O)Nc3ccc(N4CC5C(C4)C5(F)F)c(F)c3)c2cc1F. The van der Waals surface area contributed by atoms with E-state index in [0.29, 0.717) is 0 Å². The number of carbonyl (C=O) groups excluding carboxylic acids is 1. The van der Waals surface area contributed by atoms with Crippen molar-refractivity contribution in [1.82, 2.24) is 5.43 Å². The van der Waals surface area contributed by atoms with Crippen LogP contribution >= 0.6 is 0 Å². The van der Waals surface area contributed by atoms with Gasteiger partial charge < -0.3 is 25.9 Å². The van der Waals surface area contributed by atoms with Crippen LogP contribution in [0, 0.1) is 23.5 Å². The lowest BCUT2D eigenvalue weighted by molar-refractivity contribution is 0.0796. The van der Waals surface area contributed by atoms with Gasteiger partial charge in [-0.3, -0.25) is 4.79 Å². The van der Waals surface area contributed by atoms with Crippen LogP contribution in [0.15, 0.2) is 46.1 Å². The molecule has 1 saturated carbocycles. The van der Waals surface area contributed by atoms with Crippen molar-refractivity contribution in [3.63, 3.8) is 0 Å². The summed E-state index contributed by atoms with van der Waals surface area (Å²) in [5.41, 5.74) is 2.66. The molecule has 3 aromatic rings. The Kier molecular flexibility index (Phi) is 4.71. The third kappa shape index (κ3) is 3.33. The van der Waals surface area contributed by atoms with Gasteiger partial charge in [-0.05, 0) is 30.3 Å². The fourth-order valence-corrected chi connectivity index (χ4v) is 4.33. The van der Waals surface area contributed by atoms with Crippen molar-refractivity contribution < 1.29 is 26.8 Å². The van der Waals surface area contributed by atoms with E-state index in [-0.39, 0.29) is 52.4 Å². The molecular formula is C21H18F4N6O2. The highest BCUT2D eigenvalue weighted by Crippen LogP contribution is 2.59. The second-order valence-corrected chi connectivity index (χ2v) is 8.01. The summed E-state index contributed by atoms with van der Waals surface area (Å²) < 4.78 is 61.3. The van der Waals surface area contributed by atoms with Gasteiger partial charge in [0.1, 0.15) is 23.5 Å². The first-order valence-electron chi connectivity index (χ1n) is 9.94. The number of benzene rings is 2. The second-order valence-electron chi connectivity index (χ2n) is 8.01. The Bertz CT molecular complexity index is 1290. The molecule has 0 bridgehead atoms. The molecule has 1 aliphatic carbocycles. The number of nitrogens with one attached hydrogen (secondary N) is 2. The standard InChI is InChI=1S/C21H18F4N6O2/c22-15-4-10-12(8-33-18(10)5-11(15)19(29-26)30-27)20(32)28-9-1-2-17(16(23)3-9)31-6-13-14(7-31)21(13,24)25/h1-5,8,13-14H,6-7,26-27H2,(H,28,32)(H,29,30). The number of amides is 1. The first kappa shape index (κ1) is 21.1. The summed E-state index contributed by atoms with van der Waals surface area (Å²) in [6.45, 7) is 0.177. The average Bonchev–Trinajstić information content (AvgIpc) is 3.18. The number of fused-ring (bicyclic) bond motifs is 2. The molecule has 2 heterocycles. The summed E-state index contributed by atoms with van der Waals surface area (Å²) in [5, 5.41) is 6.05. The molecular weight excluding hydrogens is 444 g/mol. The van der Waals surface area contributed by atoms with Crippen LogP contribution in [-0.2, 0) is 0 Å². The number of anilines is 2. The van der Waals surface area contributed by atoms with Gasteiger partial charge in [0.05, 0.1) is 28.7 Å². The smallest absolute Gasteiger partial charge is 0.259 e. The van der Waals surface area contributed by atoms with Gasteiger partial charge in [0.15, 0.2) is 5.84 Å². The summed E-state index contributed by atoms with van der Waals surface area (Å²) >= 11 is 0. The van der Waals surface area contributed by atoms with Crippen molar-refractivity contribution in [1.29, 1.82) is 0 Å². The molecule has 2 atom stereocenters. The van der Waals surface area contributed by atoms with E-state index in [1.165, 1.54) is 18.2 Å². The summed E-state index contributed by atoms with van der Waals surface area (Å²) in [4.78, 5) is 14.3. The molecule has 12 heteroatoms. The molecule has 1 amide bonds. The third-order valence-corrected chi connectivity index (χ3v) is 6.17. The van der Waals surface area contributed by atoms with Gasteiger partial charge in [0.25, 0.3) is 11.8 Å². The number of nitrogens with two attached hydrogens (primary N) is 2. The molecule has 6 N–H and O–H groups in total. The zero-order valence-electron chi connectivity index (χ0n) is 16.9. The normalized spacial score (nSPS) is 21.2. The van der Waals surface area contributed by atoms with Crippen molar-refractivity contribution in [2.75, 3.05) is 23.3 Å². The molecule has 2 fully saturated rings. The lowest BCUT2D eigenvalue weighted by Gasteiger charge is -2.22. The first-order valence-corrected chi connectivity index (χ1v) is 9.94. The Morgan fingerprint density at radius 2 is 1.85 bits per heavy atom. The highest BCUT2D eigenvalue weighted by atomic mass is 19.3. The Labute approximate surface area is 184 Å². The van der Waals surface area contributed by atoms with E-state index >= 15 is 0 Å². The van der Waals surface area contributed by atoms with Crippen LogP contribution in [-0.4, -0.2) is 30.8 Å². The van der Waals surface area contributed by atoms with Crippen molar-refractivity contribution in [3.05, 3.63) is 59.4 Å². The summed E-state index contributed by atoms with van der Waals surface area (Å²) in [6.07, 6.45) is 1.14. The third-order valence-electron chi connectivity index (χ3n) is 6.17. The molecule has 1 aliphatic heterocycles. The second kappa shape index (κ2) is 7.37. The average molecular weight is 462 g/mol. The van der Waals surface area contributed by atoms with Crippen LogP contribution in [0.4, 0.5) is 28.9 Å². The van der Waals surface area contributed by atoms with Crippen molar-refractivity contribution in [3.8, 4) is 0 Å². The number of hydrazone groups is 1. The quantitative estimate of drug-likeness (QED) is 0.156. The maximum atomic E-state index is 14.6. The Hall–Kier alpha value is -3.80. The van der Waals surface area contributed by atoms with Crippen LogP contribution in [0.3, 0.4) is 0 Å². The number of furan rings is 1. The minimum absolute atomic E-state index is 0.0220. The fraction of sp³-hybridized carbons (Fsp3) is 0.238. The van der Waals surface area contributed by atoms with Gasteiger partial charge in [0, 0.05) is 24.2 Å². The highest BCUT2D eigenvalue weighted by Gasteiger charge is 2.71. The number of nitrogens with zero attached hydrogens (tertiary/aromatic N) is 2. The molecule has 172 valence electrons. The number of hydrogen-bond acceptors (Lipinski definition) is 6. The zero-order valence-corrected chi connectivity index (χ0v) is 16.9. The van der Waals surface area contributed by atoms with E-state index < -0.39 is 35.3 Å². The molecule has 2 aliphatic rings. The predicted molar refractivity (Wildman–Crippen MR) is 113 cm³/mol. The van der Waals surface area contributed by atoms with Gasteiger partial charge in [0.2, 0.25) is 0 Å². The molecule has 0 spiro atoms. The molecule has 1 aromatic heterocycles. The number of carbonyl (C=O) groups is 1. The molecule has 1 saturated heterocycles. The van der Waals surface area contributed by atoms with E-state index in [9.17, 15) is 22.4 Å². The van der Waals surface area contributed by atoms with Crippen LogP contribution in [0.1, 0.15) is 15.9 Å². The first-order chi connectivity index (χ1) is 15.7.